The van der Waals surface area contributed by atoms with Crippen molar-refractivity contribution in [2.75, 3.05) is 14.1 Å². The highest BCUT2D eigenvalue weighted by Gasteiger charge is 2.26. The van der Waals surface area contributed by atoms with Gasteiger partial charge in [-0.2, -0.15) is 0 Å². The summed E-state index contributed by atoms with van der Waals surface area (Å²) in [6.45, 7) is 0. The van der Waals surface area contributed by atoms with Crippen molar-refractivity contribution < 1.29 is 15.0 Å². The number of nitrogens with zero attached hydrogens (tertiary/aromatic N) is 2. The molecule has 20 heavy (non-hydrogen) atoms. The molecule has 2 atom stereocenters. The highest BCUT2D eigenvalue weighted by Crippen LogP contribution is 2.24. The first-order valence-electron chi connectivity index (χ1n) is 7.24. The predicted molar refractivity (Wildman–Crippen MR) is 77.2 cm³/mol. The average Bonchev–Trinajstić information content (AvgIpc) is 2.46. The lowest BCUT2D eigenvalue weighted by atomic mass is 9.99. The second kappa shape index (κ2) is 6.31. The molecule has 2 amide bonds. The van der Waals surface area contributed by atoms with Crippen molar-refractivity contribution in [1.29, 1.82) is 0 Å². The van der Waals surface area contributed by atoms with Crippen molar-refractivity contribution in [2.24, 2.45) is 0 Å². The number of allylic oxidation sites excluding steroid dienone is 2. The monoisotopic (exact) mass is 280 g/mol. The molecule has 0 aromatic heterocycles. The van der Waals surface area contributed by atoms with Crippen molar-refractivity contribution in [3.8, 4) is 0 Å². The third-order valence-corrected chi connectivity index (χ3v) is 4.29. The van der Waals surface area contributed by atoms with E-state index in [1.807, 2.05) is 13.1 Å². The van der Waals surface area contributed by atoms with Crippen LogP contribution in [0, 0.1) is 0 Å². The van der Waals surface area contributed by atoms with E-state index in [0.29, 0.717) is 31.4 Å². The molecule has 0 heterocycles. The van der Waals surface area contributed by atoms with Gasteiger partial charge in [0.05, 0.1) is 11.9 Å². The summed E-state index contributed by atoms with van der Waals surface area (Å²) < 4.78 is 0. The molecule has 0 aromatic carbocycles. The average molecular weight is 280 g/mol. The van der Waals surface area contributed by atoms with Crippen molar-refractivity contribution in [3.05, 3.63) is 23.6 Å². The molecule has 112 valence electrons. The van der Waals surface area contributed by atoms with Gasteiger partial charge in [0, 0.05) is 32.3 Å². The first kappa shape index (κ1) is 14.9. The van der Waals surface area contributed by atoms with E-state index in [9.17, 15) is 15.0 Å². The lowest BCUT2D eigenvalue weighted by Gasteiger charge is -2.34. The van der Waals surface area contributed by atoms with Crippen LogP contribution in [0.15, 0.2) is 23.6 Å². The first-order chi connectivity index (χ1) is 9.49. The highest BCUT2D eigenvalue weighted by atomic mass is 16.3. The van der Waals surface area contributed by atoms with Gasteiger partial charge in [-0.3, -0.25) is 0 Å². The third kappa shape index (κ3) is 3.33. The predicted octanol–water partition coefficient (Wildman–Crippen LogP) is 2.39. The van der Waals surface area contributed by atoms with Crippen LogP contribution in [0.4, 0.5) is 4.79 Å². The van der Waals surface area contributed by atoms with Gasteiger partial charge in [0.25, 0.3) is 0 Å². The molecule has 0 saturated carbocycles. The molecule has 0 bridgehead atoms. The third-order valence-electron chi connectivity index (χ3n) is 4.29. The Balaban J connectivity index is 1.96. The zero-order valence-corrected chi connectivity index (χ0v) is 12.2. The topological polar surface area (TPSA) is 64.0 Å². The Morgan fingerprint density at radius 1 is 1.20 bits per heavy atom. The van der Waals surface area contributed by atoms with Gasteiger partial charge in [-0.25, -0.2) is 4.79 Å². The van der Waals surface area contributed by atoms with Gasteiger partial charge in [-0.1, -0.05) is 6.08 Å². The number of urea groups is 1. The Morgan fingerprint density at radius 3 is 2.50 bits per heavy atom. The maximum Gasteiger partial charge on any atom is 0.323 e. The van der Waals surface area contributed by atoms with Crippen LogP contribution in [-0.4, -0.2) is 52.3 Å². The second-order valence-corrected chi connectivity index (χ2v) is 5.70. The molecule has 2 unspecified atom stereocenters. The van der Waals surface area contributed by atoms with Crippen molar-refractivity contribution in [3.63, 3.8) is 0 Å². The van der Waals surface area contributed by atoms with Crippen LogP contribution < -0.4 is 0 Å². The molecule has 0 fully saturated rings. The van der Waals surface area contributed by atoms with E-state index >= 15 is 0 Å². The SMILES string of the molecule is CN(C(=O)N(C)C1CC=C(O)CC1)C1=CCC(O)CC1. The van der Waals surface area contributed by atoms with Crippen LogP contribution >= 0.6 is 0 Å². The summed E-state index contributed by atoms with van der Waals surface area (Å²) >= 11 is 0. The largest absolute Gasteiger partial charge is 0.513 e. The minimum atomic E-state index is -0.272. The Bertz CT molecular complexity index is 431. The lowest BCUT2D eigenvalue weighted by Crippen LogP contribution is -2.45. The second-order valence-electron chi connectivity index (χ2n) is 5.70. The van der Waals surface area contributed by atoms with Gasteiger partial charge in [0.15, 0.2) is 0 Å². The number of amides is 2. The number of hydrogen-bond donors (Lipinski definition) is 2. The van der Waals surface area contributed by atoms with E-state index in [0.717, 1.165) is 18.5 Å². The summed E-state index contributed by atoms with van der Waals surface area (Å²) in [6, 6.07) is 0.128. The normalized spacial score (nSPS) is 26.6. The number of aliphatic hydroxyl groups is 2. The maximum atomic E-state index is 12.5. The lowest BCUT2D eigenvalue weighted by molar-refractivity contribution is 0.143. The summed E-state index contributed by atoms with van der Waals surface area (Å²) in [5, 5.41) is 18.9. The zero-order valence-electron chi connectivity index (χ0n) is 12.2. The number of carbonyl (C=O) groups excluding carboxylic acids is 1. The molecule has 5 nitrogen and oxygen atoms in total. The molecule has 0 saturated heterocycles. The molecule has 2 rings (SSSR count). The van der Waals surface area contributed by atoms with Crippen LogP contribution in [-0.2, 0) is 0 Å². The van der Waals surface area contributed by atoms with Crippen molar-refractivity contribution in [2.45, 2.75) is 50.7 Å². The Morgan fingerprint density at radius 2 is 1.95 bits per heavy atom. The molecule has 0 spiro atoms. The van der Waals surface area contributed by atoms with Crippen molar-refractivity contribution in [1.82, 2.24) is 9.80 Å². The fourth-order valence-electron chi connectivity index (χ4n) is 2.79. The molecule has 2 aliphatic carbocycles. The summed E-state index contributed by atoms with van der Waals surface area (Å²) in [6.07, 6.45) is 7.70. The Labute approximate surface area is 120 Å². The van der Waals surface area contributed by atoms with Crippen LogP contribution in [0.5, 0.6) is 0 Å². The summed E-state index contributed by atoms with van der Waals surface area (Å²) in [4.78, 5) is 15.9. The molecule has 2 N–H and O–H groups in total. The number of hydrogen-bond acceptors (Lipinski definition) is 3. The summed E-state index contributed by atoms with van der Waals surface area (Å²) in [7, 11) is 3.61. The van der Waals surface area contributed by atoms with Crippen LogP contribution in [0.25, 0.3) is 0 Å². The first-order valence-corrected chi connectivity index (χ1v) is 7.24. The van der Waals surface area contributed by atoms with E-state index in [4.69, 9.17) is 0 Å². The number of aliphatic hydroxyl groups excluding tert-OH is 2. The van der Waals surface area contributed by atoms with Crippen LogP contribution in [0.3, 0.4) is 0 Å². The standard InChI is InChI=1S/C15H24N2O3/c1-16(11-3-7-13(18)8-4-11)15(20)17(2)12-5-9-14(19)10-6-12/h3,9,12-13,18-19H,4-8,10H2,1-2H3. The molecule has 0 aromatic rings. The van der Waals surface area contributed by atoms with E-state index in [-0.39, 0.29) is 18.2 Å². The highest BCUT2D eigenvalue weighted by molar-refractivity contribution is 5.76. The number of rotatable bonds is 2. The van der Waals surface area contributed by atoms with Gasteiger partial charge in [-0.15, -0.1) is 0 Å². The van der Waals surface area contributed by atoms with Gasteiger partial charge in [0.1, 0.15) is 0 Å². The molecular weight excluding hydrogens is 256 g/mol. The van der Waals surface area contributed by atoms with Gasteiger partial charge in [0.2, 0.25) is 0 Å². The molecule has 5 heteroatoms. The van der Waals surface area contributed by atoms with Crippen molar-refractivity contribution >= 4 is 6.03 Å². The van der Waals surface area contributed by atoms with Crippen LogP contribution in [0.2, 0.25) is 0 Å². The summed E-state index contributed by atoms with van der Waals surface area (Å²) in [5.41, 5.74) is 0.987. The number of carbonyl (C=O) groups is 1. The quantitative estimate of drug-likeness (QED) is 0.816. The van der Waals surface area contributed by atoms with Crippen LogP contribution in [0.1, 0.15) is 38.5 Å². The minimum Gasteiger partial charge on any atom is -0.513 e. The minimum absolute atomic E-state index is 0.0209. The fourth-order valence-corrected chi connectivity index (χ4v) is 2.79. The van der Waals surface area contributed by atoms with E-state index in [1.165, 1.54) is 0 Å². The fraction of sp³-hybridized carbons (Fsp3) is 0.667. The molecular formula is C15H24N2O3. The van der Waals surface area contributed by atoms with Gasteiger partial charge >= 0.3 is 6.03 Å². The molecule has 0 radical (unpaired) electrons. The van der Waals surface area contributed by atoms with E-state index in [1.54, 1.807) is 22.9 Å². The van der Waals surface area contributed by atoms with E-state index in [2.05, 4.69) is 0 Å². The molecule has 0 aliphatic heterocycles. The molecule has 2 aliphatic rings. The Kier molecular flexibility index (Phi) is 4.70. The van der Waals surface area contributed by atoms with Gasteiger partial charge in [-0.05, 0) is 38.2 Å². The van der Waals surface area contributed by atoms with E-state index < -0.39 is 0 Å². The Hall–Kier alpha value is -1.49. The summed E-state index contributed by atoms with van der Waals surface area (Å²) in [5.74, 6) is 0.430. The van der Waals surface area contributed by atoms with Gasteiger partial charge < -0.3 is 20.0 Å². The smallest absolute Gasteiger partial charge is 0.323 e. The maximum absolute atomic E-state index is 12.5. The zero-order chi connectivity index (χ0) is 14.7.